The van der Waals surface area contributed by atoms with Crippen LogP contribution in [-0.2, 0) is 0 Å². The molecule has 4 heteroatoms. The minimum absolute atomic E-state index is 0.181. The summed E-state index contributed by atoms with van der Waals surface area (Å²) in [5, 5.41) is 9.14. The summed E-state index contributed by atoms with van der Waals surface area (Å²) in [4.78, 5) is 13.2. The molecule has 0 aromatic heterocycles. The van der Waals surface area contributed by atoms with Gasteiger partial charge in [-0.1, -0.05) is 13.3 Å². The van der Waals surface area contributed by atoms with Gasteiger partial charge in [0.15, 0.2) is 0 Å². The number of aryl methyl sites for hydroxylation is 1. The Bertz CT molecular complexity index is 444. The van der Waals surface area contributed by atoms with Crippen molar-refractivity contribution in [3.63, 3.8) is 0 Å². The molecule has 1 aromatic carbocycles. The van der Waals surface area contributed by atoms with Crippen LogP contribution < -0.4 is 10.6 Å². The van der Waals surface area contributed by atoms with Crippen molar-refractivity contribution < 1.29 is 9.90 Å². The summed E-state index contributed by atoms with van der Waals surface area (Å²) in [6.07, 6.45) is 2.17. The van der Waals surface area contributed by atoms with Crippen molar-refractivity contribution in [2.75, 3.05) is 17.7 Å². The first-order chi connectivity index (χ1) is 8.38. The molecule has 1 aromatic rings. The van der Waals surface area contributed by atoms with Gasteiger partial charge in [-0.05, 0) is 38.0 Å². The van der Waals surface area contributed by atoms with E-state index in [2.05, 4.69) is 18.7 Å². The first kappa shape index (κ1) is 14.4. The maximum absolute atomic E-state index is 11.1. The molecule has 0 saturated carbocycles. The van der Waals surface area contributed by atoms with Gasteiger partial charge >= 0.3 is 5.97 Å². The van der Waals surface area contributed by atoms with Gasteiger partial charge in [0.05, 0.1) is 5.56 Å². The fourth-order valence-corrected chi connectivity index (χ4v) is 2.03. The number of benzene rings is 1. The molecule has 1 unspecified atom stereocenters. The van der Waals surface area contributed by atoms with E-state index in [9.17, 15) is 4.79 Å². The number of carboxylic acid groups (broad SMARTS) is 1. The SMILES string of the molecule is CCCC(C)N(C)c1cc(C)c(N)c(C(=O)O)c1. The summed E-state index contributed by atoms with van der Waals surface area (Å²) < 4.78 is 0. The molecular formula is C14H22N2O2. The van der Waals surface area contributed by atoms with Crippen molar-refractivity contribution >= 4 is 17.3 Å². The molecule has 1 atom stereocenters. The lowest BCUT2D eigenvalue weighted by Crippen LogP contribution is -2.29. The highest BCUT2D eigenvalue weighted by atomic mass is 16.4. The first-order valence-electron chi connectivity index (χ1n) is 6.24. The topological polar surface area (TPSA) is 66.6 Å². The number of nitrogens with two attached hydrogens (primary N) is 1. The number of anilines is 2. The first-order valence-corrected chi connectivity index (χ1v) is 6.24. The smallest absolute Gasteiger partial charge is 0.337 e. The third-order valence-corrected chi connectivity index (χ3v) is 3.38. The van der Waals surface area contributed by atoms with Crippen LogP contribution in [-0.4, -0.2) is 24.2 Å². The second-order valence-electron chi connectivity index (χ2n) is 4.78. The van der Waals surface area contributed by atoms with Crippen LogP contribution in [0, 0.1) is 6.92 Å². The highest BCUT2D eigenvalue weighted by molar-refractivity contribution is 5.95. The van der Waals surface area contributed by atoms with Crippen LogP contribution in [0.5, 0.6) is 0 Å². The van der Waals surface area contributed by atoms with Crippen molar-refractivity contribution in [3.05, 3.63) is 23.3 Å². The van der Waals surface area contributed by atoms with Crippen LogP contribution in [0.15, 0.2) is 12.1 Å². The number of carbonyl (C=O) groups is 1. The molecule has 0 amide bonds. The van der Waals surface area contributed by atoms with E-state index >= 15 is 0 Å². The Balaban J connectivity index is 3.14. The molecule has 0 aliphatic rings. The standard InChI is InChI=1S/C14H22N2O2/c1-5-6-10(3)16(4)11-7-9(2)13(15)12(8-11)14(17)18/h7-8,10H,5-6,15H2,1-4H3,(H,17,18). The van der Waals surface area contributed by atoms with Crippen molar-refractivity contribution in [2.45, 2.75) is 39.7 Å². The van der Waals surface area contributed by atoms with Gasteiger partial charge in [0.25, 0.3) is 0 Å². The molecule has 4 nitrogen and oxygen atoms in total. The quantitative estimate of drug-likeness (QED) is 0.788. The minimum Gasteiger partial charge on any atom is -0.478 e. The normalized spacial score (nSPS) is 12.2. The van der Waals surface area contributed by atoms with Crippen molar-refractivity contribution in [2.24, 2.45) is 0 Å². The zero-order chi connectivity index (χ0) is 13.9. The van der Waals surface area contributed by atoms with Crippen LogP contribution in [0.1, 0.15) is 42.6 Å². The summed E-state index contributed by atoms with van der Waals surface area (Å²) in [6, 6.07) is 3.96. The molecule has 0 fully saturated rings. The predicted molar refractivity (Wildman–Crippen MR) is 75.3 cm³/mol. The maximum Gasteiger partial charge on any atom is 0.337 e. The van der Waals surface area contributed by atoms with E-state index in [0.29, 0.717) is 11.7 Å². The van der Waals surface area contributed by atoms with E-state index in [-0.39, 0.29) is 5.56 Å². The molecular weight excluding hydrogens is 228 g/mol. The summed E-state index contributed by atoms with van der Waals surface area (Å²) in [5.41, 5.74) is 8.03. The van der Waals surface area contributed by atoms with E-state index in [1.54, 1.807) is 6.07 Å². The number of rotatable bonds is 5. The molecule has 0 heterocycles. The van der Waals surface area contributed by atoms with Crippen LogP contribution in [0.4, 0.5) is 11.4 Å². The summed E-state index contributed by atoms with van der Waals surface area (Å²) in [6.45, 7) is 6.11. The highest BCUT2D eigenvalue weighted by Gasteiger charge is 2.15. The van der Waals surface area contributed by atoms with E-state index in [1.807, 2.05) is 20.0 Å². The van der Waals surface area contributed by atoms with Crippen LogP contribution in [0.25, 0.3) is 0 Å². The molecule has 0 radical (unpaired) electrons. The van der Waals surface area contributed by atoms with Gasteiger partial charge in [-0.25, -0.2) is 4.79 Å². The fourth-order valence-electron chi connectivity index (χ4n) is 2.03. The average Bonchev–Trinajstić information content (AvgIpc) is 2.31. The van der Waals surface area contributed by atoms with E-state index < -0.39 is 5.97 Å². The van der Waals surface area contributed by atoms with Gasteiger partial charge in [0.2, 0.25) is 0 Å². The Morgan fingerprint density at radius 2 is 2.11 bits per heavy atom. The molecule has 0 bridgehead atoms. The van der Waals surface area contributed by atoms with E-state index in [4.69, 9.17) is 10.8 Å². The molecule has 0 aliphatic heterocycles. The van der Waals surface area contributed by atoms with Gasteiger partial charge in [0, 0.05) is 24.5 Å². The lowest BCUT2D eigenvalue weighted by atomic mass is 10.0. The van der Waals surface area contributed by atoms with Crippen LogP contribution >= 0.6 is 0 Å². The third kappa shape index (κ3) is 2.94. The molecule has 0 saturated heterocycles. The molecule has 1 rings (SSSR count). The number of nitrogen functional groups attached to an aromatic ring is 1. The summed E-state index contributed by atoms with van der Waals surface area (Å²) in [5.74, 6) is -0.978. The number of hydrogen-bond donors (Lipinski definition) is 2. The van der Waals surface area contributed by atoms with Gasteiger partial charge in [-0.3, -0.25) is 0 Å². The number of nitrogens with zero attached hydrogens (tertiary/aromatic N) is 1. The summed E-state index contributed by atoms with van der Waals surface area (Å²) in [7, 11) is 1.98. The van der Waals surface area contributed by atoms with Gasteiger partial charge in [-0.15, -0.1) is 0 Å². The Morgan fingerprint density at radius 3 is 2.61 bits per heavy atom. The predicted octanol–water partition coefficient (Wildman–Crippen LogP) is 2.90. The molecule has 0 spiro atoms. The van der Waals surface area contributed by atoms with Crippen molar-refractivity contribution in [1.29, 1.82) is 0 Å². The third-order valence-electron chi connectivity index (χ3n) is 3.38. The number of carboxylic acids is 1. The molecule has 3 N–H and O–H groups in total. The summed E-state index contributed by atoms with van der Waals surface area (Å²) >= 11 is 0. The zero-order valence-electron chi connectivity index (χ0n) is 11.5. The van der Waals surface area contributed by atoms with Gasteiger partial charge < -0.3 is 15.7 Å². The minimum atomic E-state index is -0.978. The Hall–Kier alpha value is -1.71. The van der Waals surface area contributed by atoms with Crippen LogP contribution in [0.2, 0.25) is 0 Å². The number of aromatic carboxylic acids is 1. The van der Waals surface area contributed by atoms with Crippen LogP contribution in [0.3, 0.4) is 0 Å². The Labute approximate surface area is 108 Å². The second kappa shape index (κ2) is 5.76. The fraction of sp³-hybridized carbons (Fsp3) is 0.500. The Kier molecular flexibility index (Phi) is 4.59. The molecule has 0 aliphatic carbocycles. The zero-order valence-corrected chi connectivity index (χ0v) is 11.5. The highest BCUT2D eigenvalue weighted by Crippen LogP contribution is 2.26. The lowest BCUT2D eigenvalue weighted by molar-refractivity contribution is 0.0698. The number of hydrogen-bond acceptors (Lipinski definition) is 3. The molecule has 18 heavy (non-hydrogen) atoms. The average molecular weight is 250 g/mol. The van der Waals surface area contributed by atoms with Gasteiger partial charge in [0.1, 0.15) is 0 Å². The van der Waals surface area contributed by atoms with E-state index in [0.717, 1.165) is 24.1 Å². The maximum atomic E-state index is 11.1. The second-order valence-corrected chi connectivity index (χ2v) is 4.78. The largest absolute Gasteiger partial charge is 0.478 e. The monoisotopic (exact) mass is 250 g/mol. The van der Waals surface area contributed by atoms with Crippen molar-refractivity contribution in [3.8, 4) is 0 Å². The van der Waals surface area contributed by atoms with E-state index in [1.165, 1.54) is 0 Å². The van der Waals surface area contributed by atoms with Crippen molar-refractivity contribution in [1.82, 2.24) is 0 Å². The molecule has 100 valence electrons. The van der Waals surface area contributed by atoms with Gasteiger partial charge in [-0.2, -0.15) is 0 Å². The lowest BCUT2D eigenvalue weighted by Gasteiger charge is -2.27. The Morgan fingerprint density at radius 1 is 1.50 bits per heavy atom.